The van der Waals surface area contributed by atoms with Crippen LogP contribution in [0.15, 0.2) is 18.2 Å². The molecule has 0 bridgehead atoms. The van der Waals surface area contributed by atoms with Crippen LogP contribution in [0.4, 0.5) is 11.4 Å². The molecular formula is C13H19N3O5S. The standard InChI is InChI=1S/C13H19N3O5S/c1-22(20,21)9-8-14-4-6-15(7-5-14)11-2-3-12(16(18)19)13(17)10-11/h2-3,10,17H,4-9H2,1H3. The van der Waals surface area contributed by atoms with Crippen LogP contribution < -0.4 is 4.90 Å². The van der Waals surface area contributed by atoms with Gasteiger partial charge in [0, 0.05) is 56.8 Å². The molecule has 0 amide bonds. The third kappa shape index (κ3) is 4.31. The lowest BCUT2D eigenvalue weighted by atomic mass is 10.2. The molecule has 0 atom stereocenters. The monoisotopic (exact) mass is 329 g/mol. The zero-order valence-electron chi connectivity index (χ0n) is 12.3. The van der Waals surface area contributed by atoms with E-state index in [4.69, 9.17) is 0 Å². The minimum atomic E-state index is -2.96. The van der Waals surface area contributed by atoms with Gasteiger partial charge in [0.1, 0.15) is 9.84 Å². The van der Waals surface area contributed by atoms with Crippen molar-refractivity contribution in [1.29, 1.82) is 0 Å². The summed E-state index contributed by atoms with van der Waals surface area (Å²) in [6.45, 7) is 3.31. The van der Waals surface area contributed by atoms with Crippen LogP contribution in [0.3, 0.4) is 0 Å². The number of nitrogens with zero attached hydrogens (tertiary/aromatic N) is 3. The topological polar surface area (TPSA) is 104 Å². The first kappa shape index (κ1) is 16.5. The van der Waals surface area contributed by atoms with Crippen LogP contribution in [0.1, 0.15) is 0 Å². The number of hydrogen-bond donors (Lipinski definition) is 1. The van der Waals surface area contributed by atoms with Crippen LogP contribution in [-0.2, 0) is 9.84 Å². The molecular weight excluding hydrogens is 310 g/mol. The Hall–Kier alpha value is -1.87. The van der Waals surface area contributed by atoms with Crippen molar-refractivity contribution in [1.82, 2.24) is 4.90 Å². The first-order valence-electron chi connectivity index (χ1n) is 6.89. The predicted octanol–water partition coefficient (Wildman–Crippen LogP) is 0.467. The Morgan fingerprint density at radius 1 is 1.27 bits per heavy atom. The fourth-order valence-corrected chi connectivity index (χ4v) is 2.98. The van der Waals surface area contributed by atoms with Gasteiger partial charge in [0.05, 0.1) is 10.7 Å². The molecule has 1 aromatic carbocycles. The van der Waals surface area contributed by atoms with Crippen LogP contribution in [0, 0.1) is 10.1 Å². The smallest absolute Gasteiger partial charge is 0.310 e. The molecule has 1 aromatic rings. The van der Waals surface area contributed by atoms with E-state index >= 15 is 0 Å². The van der Waals surface area contributed by atoms with Crippen molar-refractivity contribution in [2.75, 3.05) is 49.6 Å². The highest BCUT2D eigenvalue weighted by Gasteiger charge is 2.20. The second-order valence-electron chi connectivity index (χ2n) is 5.39. The Balaban J connectivity index is 1.94. The van der Waals surface area contributed by atoms with Crippen molar-refractivity contribution in [2.45, 2.75) is 0 Å². The Bertz CT molecular complexity index is 654. The van der Waals surface area contributed by atoms with Gasteiger partial charge in [0.15, 0.2) is 5.75 Å². The lowest BCUT2D eigenvalue weighted by molar-refractivity contribution is -0.385. The molecule has 8 nitrogen and oxygen atoms in total. The number of nitro benzene ring substituents is 1. The predicted molar refractivity (Wildman–Crippen MR) is 83.1 cm³/mol. The average molecular weight is 329 g/mol. The molecule has 1 saturated heterocycles. The molecule has 0 unspecified atom stereocenters. The lowest BCUT2D eigenvalue weighted by Crippen LogP contribution is -2.47. The number of nitro groups is 1. The first-order valence-corrected chi connectivity index (χ1v) is 8.95. The van der Waals surface area contributed by atoms with Crippen molar-refractivity contribution >= 4 is 21.2 Å². The molecule has 9 heteroatoms. The number of aromatic hydroxyl groups is 1. The van der Waals surface area contributed by atoms with Crippen LogP contribution >= 0.6 is 0 Å². The number of anilines is 1. The van der Waals surface area contributed by atoms with Crippen molar-refractivity contribution in [3.8, 4) is 5.75 Å². The SMILES string of the molecule is CS(=O)(=O)CCN1CCN(c2ccc([N+](=O)[O-])c(O)c2)CC1. The van der Waals surface area contributed by atoms with E-state index in [1.165, 1.54) is 18.4 Å². The van der Waals surface area contributed by atoms with E-state index in [0.29, 0.717) is 32.7 Å². The fraction of sp³-hybridized carbons (Fsp3) is 0.538. The molecule has 0 saturated carbocycles. The Morgan fingerprint density at radius 2 is 1.91 bits per heavy atom. The highest BCUT2D eigenvalue weighted by atomic mass is 32.2. The summed E-state index contributed by atoms with van der Waals surface area (Å²) in [5.41, 5.74) is 0.418. The number of piperazine rings is 1. The minimum absolute atomic E-state index is 0.144. The van der Waals surface area contributed by atoms with Gasteiger partial charge in [0.25, 0.3) is 0 Å². The third-order valence-electron chi connectivity index (χ3n) is 3.67. The molecule has 0 aliphatic carbocycles. The number of benzene rings is 1. The van der Waals surface area contributed by atoms with Crippen LogP contribution in [-0.4, -0.2) is 68.1 Å². The zero-order valence-corrected chi connectivity index (χ0v) is 13.1. The molecule has 0 aromatic heterocycles. The summed E-state index contributed by atoms with van der Waals surface area (Å²) < 4.78 is 22.3. The van der Waals surface area contributed by atoms with E-state index < -0.39 is 14.8 Å². The highest BCUT2D eigenvalue weighted by molar-refractivity contribution is 7.90. The van der Waals surface area contributed by atoms with Crippen LogP contribution in [0.5, 0.6) is 5.75 Å². The zero-order chi connectivity index (χ0) is 16.3. The van der Waals surface area contributed by atoms with Crippen LogP contribution in [0.25, 0.3) is 0 Å². The van der Waals surface area contributed by atoms with E-state index in [-0.39, 0.29) is 17.2 Å². The fourth-order valence-electron chi connectivity index (χ4n) is 2.39. The molecule has 1 fully saturated rings. The summed E-state index contributed by atoms with van der Waals surface area (Å²) in [6.07, 6.45) is 1.23. The normalized spacial score (nSPS) is 16.7. The Kier molecular flexibility index (Phi) is 4.87. The molecule has 1 heterocycles. The molecule has 0 spiro atoms. The van der Waals surface area contributed by atoms with E-state index in [2.05, 4.69) is 4.90 Å². The number of phenolic OH excluding ortho intramolecular Hbond substituents is 1. The molecule has 0 radical (unpaired) electrons. The highest BCUT2D eigenvalue weighted by Crippen LogP contribution is 2.30. The van der Waals surface area contributed by atoms with Crippen molar-refractivity contribution < 1.29 is 18.4 Å². The van der Waals surface area contributed by atoms with E-state index in [1.807, 2.05) is 4.90 Å². The van der Waals surface area contributed by atoms with Crippen molar-refractivity contribution in [3.63, 3.8) is 0 Å². The first-order chi connectivity index (χ1) is 10.3. The summed E-state index contributed by atoms with van der Waals surface area (Å²) in [4.78, 5) is 14.1. The summed E-state index contributed by atoms with van der Waals surface area (Å²) in [7, 11) is -2.96. The minimum Gasteiger partial charge on any atom is -0.502 e. The average Bonchev–Trinajstić information content (AvgIpc) is 2.44. The molecule has 1 aliphatic heterocycles. The molecule has 2 rings (SSSR count). The Labute approximate surface area is 129 Å². The maximum Gasteiger partial charge on any atom is 0.310 e. The van der Waals surface area contributed by atoms with Gasteiger partial charge in [-0.2, -0.15) is 0 Å². The maximum atomic E-state index is 11.2. The largest absolute Gasteiger partial charge is 0.502 e. The van der Waals surface area contributed by atoms with E-state index in [1.54, 1.807) is 6.07 Å². The van der Waals surface area contributed by atoms with Gasteiger partial charge in [-0.05, 0) is 6.07 Å². The third-order valence-corrected chi connectivity index (χ3v) is 4.60. The van der Waals surface area contributed by atoms with Gasteiger partial charge in [-0.25, -0.2) is 8.42 Å². The van der Waals surface area contributed by atoms with Gasteiger partial charge < -0.3 is 10.0 Å². The Morgan fingerprint density at radius 3 is 2.41 bits per heavy atom. The number of phenols is 1. The van der Waals surface area contributed by atoms with Gasteiger partial charge in [0.2, 0.25) is 0 Å². The van der Waals surface area contributed by atoms with E-state index in [0.717, 1.165) is 5.69 Å². The van der Waals surface area contributed by atoms with Gasteiger partial charge in [-0.1, -0.05) is 0 Å². The van der Waals surface area contributed by atoms with Gasteiger partial charge in [-0.3, -0.25) is 15.0 Å². The quantitative estimate of drug-likeness (QED) is 0.618. The van der Waals surface area contributed by atoms with Gasteiger partial charge in [-0.15, -0.1) is 0 Å². The second kappa shape index (κ2) is 6.49. The number of hydrogen-bond acceptors (Lipinski definition) is 7. The summed E-state index contributed by atoms with van der Waals surface area (Å²) in [5, 5.41) is 20.4. The van der Waals surface area contributed by atoms with Crippen molar-refractivity contribution in [2.24, 2.45) is 0 Å². The summed E-state index contributed by atoms with van der Waals surface area (Å²) in [6, 6.07) is 4.30. The lowest BCUT2D eigenvalue weighted by Gasteiger charge is -2.36. The molecule has 122 valence electrons. The summed E-state index contributed by atoms with van der Waals surface area (Å²) >= 11 is 0. The number of rotatable bonds is 5. The van der Waals surface area contributed by atoms with Gasteiger partial charge >= 0.3 is 5.69 Å². The van der Waals surface area contributed by atoms with Crippen LogP contribution in [0.2, 0.25) is 0 Å². The molecule has 1 aliphatic rings. The maximum absolute atomic E-state index is 11.2. The van der Waals surface area contributed by atoms with Crippen molar-refractivity contribution in [3.05, 3.63) is 28.3 Å². The van der Waals surface area contributed by atoms with E-state index in [9.17, 15) is 23.6 Å². The molecule has 22 heavy (non-hydrogen) atoms. The second-order valence-corrected chi connectivity index (χ2v) is 7.65. The molecule has 1 N–H and O–H groups in total. The summed E-state index contributed by atoms with van der Waals surface area (Å²) in [5.74, 6) is -0.201. The number of sulfone groups is 1.